The van der Waals surface area contributed by atoms with Crippen molar-refractivity contribution in [1.29, 1.82) is 0 Å². The highest BCUT2D eigenvalue weighted by Gasteiger charge is 2.33. The Hall–Kier alpha value is 0.880. The molecule has 1 saturated carbocycles. The molecule has 2 bridgehead atoms. The van der Waals surface area contributed by atoms with E-state index >= 15 is 0 Å². The predicted octanol–water partition coefficient (Wildman–Crippen LogP) is 1.49. The summed E-state index contributed by atoms with van der Waals surface area (Å²) in [6.07, 6.45) is 4.11. The fraction of sp³-hybridized carbons (Fsp3) is 1.00. The summed E-state index contributed by atoms with van der Waals surface area (Å²) in [6.45, 7) is 2.33. The van der Waals surface area contributed by atoms with Gasteiger partial charge in [-0.3, -0.25) is 0 Å². The van der Waals surface area contributed by atoms with Crippen LogP contribution in [0.2, 0.25) is 0 Å². The van der Waals surface area contributed by atoms with Gasteiger partial charge < -0.3 is 11.1 Å². The normalized spacial score (nSPS) is 39.2. The Morgan fingerprint density at radius 1 is 1.00 bits per heavy atom. The lowest BCUT2D eigenvalue weighted by Gasteiger charge is -2.40. The molecule has 0 aromatic carbocycles. The average molecular weight is 302 g/mol. The largest absolute Gasteiger partial charge is 0.327 e. The van der Waals surface area contributed by atoms with Gasteiger partial charge in [-0.1, -0.05) is 6.42 Å². The summed E-state index contributed by atoms with van der Waals surface area (Å²) < 4.78 is 0. The molecular formula is C8H18Br2N2. The van der Waals surface area contributed by atoms with E-state index in [-0.39, 0.29) is 34.0 Å². The summed E-state index contributed by atoms with van der Waals surface area (Å²) in [7, 11) is 0. The number of nitrogens with two attached hydrogens (primary N) is 1. The van der Waals surface area contributed by atoms with Crippen molar-refractivity contribution in [2.75, 3.05) is 13.1 Å². The van der Waals surface area contributed by atoms with Crippen LogP contribution in [0, 0.1) is 11.8 Å². The Labute approximate surface area is 95.2 Å². The maximum atomic E-state index is 6.04. The number of halogens is 2. The first kappa shape index (κ1) is 12.9. The van der Waals surface area contributed by atoms with Gasteiger partial charge in [0.25, 0.3) is 0 Å². The highest BCUT2D eigenvalue weighted by Crippen LogP contribution is 2.29. The van der Waals surface area contributed by atoms with Crippen LogP contribution in [-0.4, -0.2) is 19.1 Å². The molecule has 74 valence electrons. The highest BCUT2D eigenvalue weighted by molar-refractivity contribution is 8.93. The van der Waals surface area contributed by atoms with Crippen LogP contribution in [0.5, 0.6) is 0 Å². The maximum absolute atomic E-state index is 6.04. The first-order chi connectivity index (χ1) is 4.88. The van der Waals surface area contributed by atoms with Gasteiger partial charge in [0.2, 0.25) is 0 Å². The quantitative estimate of drug-likeness (QED) is 0.711. The van der Waals surface area contributed by atoms with Gasteiger partial charge in [0.05, 0.1) is 0 Å². The van der Waals surface area contributed by atoms with Crippen LogP contribution in [0.15, 0.2) is 0 Å². The predicted molar refractivity (Wildman–Crippen MR) is 62.3 cm³/mol. The van der Waals surface area contributed by atoms with Gasteiger partial charge in [-0.15, -0.1) is 34.0 Å². The van der Waals surface area contributed by atoms with Crippen LogP contribution in [-0.2, 0) is 0 Å². The van der Waals surface area contributed by atoms with Crippen LogP contribution in [0.4, 0.5) is 0 Å². The highest BCUT2D eigenvalue weighted by atomic mass is 79.9. The van der Waals surface area contributed by atoms with Gasteiger partial charge in [-0.25, -0.2) is 0 Å². The fourth-order valence-corrected chi connectivity index (χ4v) is 2.34. The Morgan fingerprint density at radius 2 is 1.50 bits per heavy atom. The molecule has 1 saturated heterocycles. The number of fused-ring (bicyclic) bond motifs is 2. The molecule has 12 heavy (non-hydrogen) atoms. The van der Waals surface area contributed by atoms with Crippen molar-refractivity contribution in [3.8, 4) is 0 Å². The molecule has 0 amide bonds. The molecular weight excluding hydrogens is 284 g/mol. The number of nitrogens with one attached hydrogen (secondary N) is 1. The third-order valence-electron chi connectivity index (χ3n) is 3.05. The van der Waals surface area contributed by atoms with E-state index in [0.717, 1.165) is 24.9 Å². The van der Waals surface area contributed by atoms with E-state index in [1.807, 2.05) is 0 Å². The van der Waals surface area contributed by atoms with E-state index in [1.165, 1.54) is 19.3 Å². The van der Waals surface area contributed by atoms with Crippen molar-refractivity contribution >= 4 is 34.0 Å². The van der Waals surface area contributed by atoms with Crippen molar-refractivity contribution in [3.05, 3.63) is 0 Å². The van der Waals surface area contributed by atoms with Gasteiger partial charge in [0.15, 0.2) is 0 Å². The van der Waals surface area contributed by atoms with E-state index in [4.69, 9.17) is 5.73 Å². The number of hydrogen-bond acceptors (Lipinski definition) is 2. The van der Waals surface area contributed by atoms with E-state index in [1.54, 1.807) is 0 Å². The van der Waals surface area contributed by atoms with Crippen molar-refractivity contribution in [2.45, 2.75) is 25.3 Å². The molecule has 0 radical (unpaired) electrons. The molecule has 2 fully saturated rings. The molecule has 2 atom stereocenters. The monoisotopic (exact) mass is 300 g/mol. The topological polar surface area (TPSA) is 38.0 Å². The number of rotatable bonds is 0. The minimum atomic E-state index is 0. The first-order valence-corrected chi connectivity index (χ1v) is 4.34. The second kappa shape index (κ2) is 5.58. The molecule has 0 aromatic heterocycles. The van der Waals surface area contributed by atoms with Crippen LogP contribution < -0.4 is 11.1 Å². The summed E-state index contributed by atoms with van der Waals surface area (Å²) >= 11 is 0. The third kappa shape index (κ3) is 2.44. The van der Waals surface area contributed by atoms with E-state index in [0.29, 0.717) is 6.04 Å². The third-order valence-corrected chi connectivity index (χ3v) is 3.05. The number of hydrogen-bond donors (Lipinski definition) is 2. The molecule has 1 aliphatic carbocycles. The molecule has 4 heteroatoms. The Bertz CT molecular complexity index is 110. The standard InChI is InChI=1S/C8H16N2.2BrH/c9-8-6-2-1-3-7(8)5-10-4-6;;/h6-8,10H,1-5,9H2;2*1H. The summed E-state index contributed by atoms with van der Waals surface area (Å²) in [4.78, 5) is 0. The van der Waals surface area contributed by atoms with E-state index in [9.17, 15) is 0 Å². The molecule has 0 spiro atoms. The summed E-state index contributed by atoms with van der Waals surface area (Å²) in [6, 6.07) is 0.509. The molecule has 3 N–H and O–H groups in total. The summed E-state index contributed by atoms with van der Waals surface area (Å²) in [5.41, 5.74) is 6.04. The van der Waals surface area contributed by atoms with Gasteiger partial charge in [-0.2, -0.15) is 0 Å². The molecule has 1 aliphatic heterocycles. The van der Waals surface area contributed by atoms with Gasteiger partial charge in [0.1, 0.15) is 0 Å². The lowest BCUT2D eigenvalue weighted by molar-refractivity contribution is 0.169. The van der Waals surface area contributed by atoms with E-state index in [2.05, 4.69) is 5.32 Å². The first-order valence-electron chi connectivity index (χ1n) is 4.34. The average Bonchev–Trinajstić information content (AvgIpc) is 1.86. The SMILES string of the molecule is Br.Br.NC1C2CCCC1CNC2. The molecule has 2 unspecified atom stereocenters. The lowest BCUT2D eigenvalue weighted by Crippen LogP contribution is -2.53. The molecule has 0 aromatic rings. The Morgan fingerprint density at radius 3 is 1.92 bits per heavy atom. The summed E-state index contributed by atoms with van der Waals surface area (Å²) in [5, 5.41) is 3.44. The minimum Gasteiger partial charge on any atom is -0.327 e. The smallest absolute Gasteiger partial charge is 0.0120 e. The molecule has 2 rings (SSSR count). The fourth-order valence-electron chi connectivity index (χ4n) is 2.34. The van der Waals surface area contributed by atoms with Crippen LogP contribution in [0.25, 0.3) is 0 Å². The van der Waals surface area contributed by atoms with Crippen LogP contribution >= 0.6 is 34.0 Å². The van der Waals surface area contributed by atoms with Crippen molar-refractivity contribution in [1.82, 2.24) is 5.32 Å². The second-order valence-corrected chi connectivity index (χ2v) is 3.69. The second-order valence-electron chi connectivity index (χ2n) is 3.69. The van der Waals surface area contributed by atoms with Gasteiger partial charge in [0, 0.05) is 6.04 Å². The minimum absolute atomic E-state index is 0. The van der Waals surface area contributed by atoms with Gasteiger partial charge in [-0.05, 0) is 37.8 Å². The van der Waals surface area contributed by atoms with E-state index < -0.39 is 0 Å². The van der Waals surface area contributed by atoms with Crippen molar-refractivity contribution in [3.63, 3.8) is 0 Å². The molecule has 1 heterocycles. The van der Waals surface area contributed by atoms with Crippen molar-refractivity contribution < 1.29 is 0 Å². The Kier molecular flexibility index (Phi) is 5.99. The molecule has 2 nitrogen and oxygen atoms in total. The lowest BCUT2D eigenvalue weighted by atomic mass is 9.75. The zero-order valence-corrected chi connectivity index (χ0v) is 10.6. The van der Waals surface area contributed by atoms with Crippen molar-refractivity contribution in [2.24, 2.45) is 17.6 Å². The Balaban J connectivity index is 0.000000605. The van der Waals surface area contributed by atoms with Gasteiger partial charge >= 0.3 is 0 Å². The van der Waals surface area contributed by atoms with Crippen LogP contribution in [0.1, 0.15) is 19.3 Å². The molecule has 2 aliphatic rings. The number of piperidine rings is 1. The zero-order chi connectivity index (χ0) is 6.97. The maximum Gasteiger partial charge on any atom is 0.0120 e. The van der Waals surface area contributed by atoms with Crippen LogP contribution in [0.3, 0.4) is 0 Å². The zero-order valence-electron chi connectivity index (χ0n) is 7.16. The summed E-state index contributed by atoms with van der Waals surface area (Å²) in [5.74, 6) is 1.57.